The molecule has 6 N–H and O–H groups in total. The largest absolute Gasteiger partial charge is 0.394 e. The van der Waals surface area contributed by atoms with Crippen LogP contribution in [-0.2, 0) is 4.79 Å². The third-order valence-electron chi connectivity index (χ3n) is 1.48. The third-order valence-corrected chi connectivity index (χ3v) is 1.48. The molecule has 0 aromatic carbocycles. The van der Waals surface area contributed by atoms with Crippen molar-refractivity contribution < 1.29 is 25.2 Å². The minimum atomic E-state index is -1.62. The maximum atomic E-state index is 10.0. The number of halogens is 1. The van der Waals surface area contributed by atoms with Gasteiger partial charge in [0.05, 0.1) is 12.6 Å². The first-order valence-electron chi connectivity index (χ1n) is 3.40. The van der Waals surface area contributed by atoms with Crippen molar-refractivity contribution in [3.63, 3.8) is 0 Å². The topological polar surface area (TPSA) is 124 Å². The zero-order valence-electron chi connectivity index (χ0n) is 6.78. The van der Waals surface area contributed by atoms with E-state index in [4.69, 9.17) is 26.2 Å². The molecule has 0 amide bonds. The van der Waals surface area contributed by atoms with Crippen LogP contribution in [0.15, 0.2) is 0 Å². The molecule has 0 radical (unpaired) electrons. The van der Waals surface area contributed by atoms with Gasteiger partial charge in [-0.3, -0.25) is 0 Å². The lowest BCUT2D eigenvalue weighted by atomic mass is 10.1. The van der Waals surface area contributed by atoms with E-state index in [2.05, 4.69) is 0 Å². The van der Waals surface area contributed by atoms with Gasteiger partial charge in [0.2, 0.25) is 0 Å². The number of carbonyl (C=O) groups is 1. The van der Waals surface area contributed by atoms with Crippen molar-refractivity contribution >= 4 is 18.7 Å². The van der Waals surface area contributed by atoms with Crippen molar-refractivity contribution in [2.45, 2.75) is 24.4 Å². The molecule has 6 nitrogen and oxygen atoms in total. The summed E-state index contributed by atoms with van der Waals surface area (Å²) in [4.78, 5) is 10.0. The van der Waals surface area contributed by atoms with Gasteiger partial charge in [-0.1, -0.05) is 0 Å². The molecule has 0 fully saturated rings. The smallest absolute Gasteiger partial charge is 0.139 e. The number of hydrogen-bond donors (Lipinski definition) is 5. The fourth-order valence-corrected chi connectivity index (χ4v) is 0.644. The summed E-state index contributed by atoms with van der Waals surface area (Å²) in [5.74, 6) is 0. The van der Waals surface area contributed by atoms with Gasteiger partial charge < -0.3 is 31.0 Å². The highest BCUT2D eigenvalue weighted by atomic mass is 35.5. The van der Waals surface area contributed by atoms with E-state index < -0.39 is 31.0 Å². The fourth-order valence-electron chi connectivity index (χ4n) is 0.644. The minimum Gasteiger partial charge on any atom is -0.394 e. The summed E-state index contributed by atoms with van der Waals surface area (Å²) < 4.78 is 0. The molecule has 7 heteroatoms. The predicted octanol–water partition coefficient (Wildman–Crippen LogP) is -2.99. The van der Waals surface area contributed by atoms with Crippen LogP contribution in [0.25, 0.3) is 0 Å². The molecular weight excluding hydrogens is 204 g/mol. The van der Waals surface area contributed by atoms with Crippen LogP contribution in [0, 0.1) is 0 Å². The standard InChI is InChI=1S/C6H13NO5.ClH/c7-3(1-8)5(11)6(12)4(10)2-9;/h1,3-6,9-12H,2,7H2;1H/t3-,4+,5+,6+;/m0./s1/i1+1,7+1;. The number of aliphatic hydroxyl groups is 4. The molecule has 0 unspecified atom stereocenters. The van der Waals surface area contributed by atoms with Gasteiger partial charge in [0.15, 0.2) is 0 Å². The summed E-state index contributed by atoms with van der Waals surface area (Å²) >= 11 is 0. The zero-order chi connectivity index (χ0) is 9.72. The van der Waals surface area contributed by atoms with Gasteiger partial charge in [-0.05, 0) is 0 Å². The predicted molar refractivity (Wildman–Crippen MR) is 46.4 cm³/mol. The maximum absolute atomic E-state index is 10.0. The number of hydrogen-bond acceptors (Lipinski definition) is 6. The highest BCUT2D eigenvalue weighted by Crippen LogP contribution is 2.01. The van der Waals surface area contributed by atoms with Gasteiger partial charge in [0.1, 0.15) is 24.6 Å². The van der Waals surface area contributed by atoms with E-state index in [0.29, 0.717) is 0 Å². The zero-order valence-corrected chi connectivity index (χ0v) is 7.59. The summed E-state index contributed by atoms with van der Waals surface area (Å²) in [5.41, 5.74) is 5.04. The fraction of sp³-hybridized carbons (Fsp3) is 0.833. The Bertz CT molecular complexity index is 147. The van der Waals surface area contributed by atoms with Crippen LogP contribution in [-0.4, -0.2) is 57.7 Å². The second kappa shape index (κ2) is 7.19. The van der Waals surface area contributed by atoms with Crippen molar-refractivity contribution in [1.82, 2.24) is 0 Å². The Morgan fingerprint density at radius 1 is 1.23 bits per heavy atom. The lowest BCUT2D eigenvalue weighted by Gasteiger charge is -2.23. The van der Waals surface area contributed by atoms with Crippen molar-refractivity contribution in [3.8, 4) is 0 Å². The first kappa shape index (κ1) is 15.2. The van der Waals surface area contributed by atoms with E-state index in [9.17, 15) is 4.79 Å². The first-order valence-corrected chi connectivity index (χ1v) is 3.40. The van der Waals surface area contributed by atoms with Gasteiger partial charge in [0, 0.05) is 0 Å². The molecule has 4 atom stereocenters. The van der Waals surface area contributed by atoms with Crippen molar-refractivity contribution in [2.75, 3.05) is 6.61 Å². The molecule has 0 heterocycles. The third kappa shape index (κ3) is 4.51. The molecule has 0 aliphatic carbocycles. The second-order valence-electron chi connectivity index (χ2n) is 2.44. The lowest BCUT2D eigenvalue weighted by molar-refractivity contribution is -0.118. The van der Waals surface area contributed by atoms with Crippen LogP contribution in [0.5, 0.6) is 0 Å². The van der Waals surface area contributed by atoms with Crippen LogP contribution in [0.1, 0.15) is 0 Å². The molecule has 0 spiro atoms. The van der Waals surface area contributed by atoms with Crippen LogP contribution in [0.2, 0.25) is 0 Å². The minimum absolute atomic E-state index is 0. The van der Waals surface area contributed by atoms with Crippen molar-refractivity contribution in [3.05, 3.63) is 0 Å². The van der Waals surface area contributed by atoms with Crippen LogP contribution in [0.3, 0.4) is 0 Å². The highest BCUT2D eigenvalue weighted by Gasteiger charge is 2.28. The molecular formula is C6H14ClNO5. The Morgan fingerprint density at radius 2 is 1.69 bits per heavy atom. The number of nitrogens with two attached hydrogens (primary N) is 1. The van der Waals surface area contributed by atoms with Crippen LogP contribution >= 0.6 is 12.4 Å². The Hall–Kier alpha value is -0.240. The Labute approximate surface area is 81.4 Å². The molecule has 0 saturated heterocycles. The van der Waals surface area contributed by atoms with Gasteiger partial charge in [-0.25, -0.2) is 0 Å². The Balaban J connectivity index is 0. The number of aldehydes is 1. The SMILES string of the molecule is Cl.[15NH2][C@@H]([13CH]=O)[C@@H](O)[C@H](O)[C@H](O)CO. The number of rotatable bonds is 5. The average Bonchev–Trinajstić information content (AvgIpc) is 2.12. The van der Waals surface area contributed by atoms with Crippen LogP contribution in [0.4, 0.5) is 0 Å². The van der Waals surface area contributed by atoms with E-state index in [1.807, 2.05) is 0 Å². The highest BCUT2D eigenvalue weighted by molar-refractivity contribution is 5.85. The summed E-state index contributed by atoms with van der Waals surface area (Å²) in [6, 6.07) is -1.26. The molecule has 0 saturated carbocycles. The lowest BCUT2D eigenvalue weighted by Crippen LogP contribution is -2.49. The normalized spacial score (nSPS) is 19.5. The van der Waals surface area contributed by atoms with E-state index in [0.717, 1.165) is 0 Å². The van der Waals surface area contributed by atoms with E-state index in [1.165, 1.54) is 0 Å². The quantitative estimate of drug-likeness (QED) is 0.190. The molecule has 0 aromatic heterocycles. The molecule has 80 valence electrons. The van der Waals surface area contributed by atoms with E-state index >= 15 is 0 Å². The van der Waals surface area contributed by atoms with E-state index in [1.54, 1.807) is 0 Å². The van der Waals surface area contributed by atoms with E-state index in [-0.39, 0.29) is 18.7 Å². The van der Waals surface area contributed by atoms with Crippen LogP contribution < -0.4 is 5.73 Å². The maximum Gasteiger partial charge on any atom is 0.139 e. The van der Waals surface area contributed by atoms with Gasteiger partial charge in [-0.2, -0.15) is 0 Å². The molecule has 0 aromatic rings. The number of carbonyl (C=O) groups excluding carboxylic acids is 1. The summed E-state index contributed by atoms with van der Waals surface area (Å²) in [7, 11) is 0. The molecule has 0 aliphatic rings. The Kier molecular flexibility index (Phi) is 8.43. The van der Waals surface area contributed by atoms with Gasteiger partial charge in [0.25, 0.3) is 0 Å². The van der Waals surface area contributed by atoms with Gasteiger partial charge in [-0.15, -0.1) is 12.4 Å². The second-order valence-corrected chi connectivity index (χ2v) is 2.44. The molecule has 0 bridgehead atoms. The molecule has 13 heavy (non-hydrogen) atoms. The van der Waals surface area contributed by atoms with Gasteiger partial charge >= 0.3 is 0 Å². The van der Waals surface area contributed by atoms with Crippen molar-refractivity contribution in [2.24, 2.45) is 5.73 Å². The van der Waals surface area contributed by atoms with Crippen molar-refractivity contribution in [1.29, 1.82) is 0 Å². The molecule has 0 rings (SSSR count). The summed E-state index contributed by atoms with van der Waals surface area (Å²) in [5, 5.41) is 35.2. The first-order chi connectivity index (χ1) is 5.54. The molecule has 0 aliphatic heterocycles. The Morgan fingerprint density at radius 3 is 2.00 bits per heavy atom. The number of aliphatic hydroxyl groups excluding tert-OH is 4. The monoisotopic (exact) mass is 217 g/mol. The summed E-state index contributed by atoms with van der Waals surface area (Å²) in [6.07, 6.45) is -4.43. The summed E-state index contributed by atoms with van der Waals surface area (Å²) in [6.45, 7) is -0.705. The average molecular weight is 218 g/mol.